The maximum Gasteiger partial charge on any atom is 0.417 e. The highest BCUT2D eigenvalue weighted by atomic mass is 32.2. The summed E-state index contributed by atoms with van der Waals surface area (Å²) in [6, 6.07) is 10.3. The summed E-state index contributed by atoms with van der Waals surface area (Å²) >= 11 is 0. The predicted octanol–water partition coefficient (Wildman–Crippen LogP) is 3.14. The van der Waals surface area contributed by atoms with Gasteiger partial charge in [0.1, 0.15) is 0 Å². The van der Waals surface area contributed by atoms with E-state index in [1.54, 1.807) is 6.92 Å². The SMILES string of the molecule is CC(NC(=O)CCS(=O)(=O)c1ccc(C(F)(F)F)cn1)c1ccccc1. The van der Waals surface area contributed by atoms with Crippen LogP contribution in [0.25, 0.3) is 0 Å². The predicted molar refractivity (Wildman–Crippen MR) is 88.9 cm³/mol. The smallest absolute Gasteiger partial charge is 0.350 e. The number of alkyl halides is 3. The van der Waals surface area contributed by atoms with Crippen molar-refractivity contribution in [3.8, 4) is 0 Å². The molecule has 0 bridgehead atoms. The van der Waals surface area contributed by atoms with Crippen molar-refractivity contribution >= 4 is 15.7 Å². The molecule has 0 spiro atoms. The van der Waals surface area contributed by atoms with Crippen LogP contribution in [-0.4, -0.2) is 25.1 Å². The lowest BCUT2D eigenvalue weighted by molar-refractivity contribution is -0.137. The Bertz CT molecular complexity index is 851. The van der Waals surface area contributed by atoms with Crippen molar-refractivity contribution in [2.45, 2.75) is 30.6 Å². The number of rotatable bonds is 6. The fraction of sp³-hybridized carbons (Fsp3) is 0.294. The number of benzene rings is 1. The molecule has 5 nitrogen and oxygen atoms in total. The molecule has 1 N–H and O–H groups in total. The van der Waals surface area contributed by atoms with Crippen molar-refractivity contribution in [3.63, 3.8) is 0 Å². The van der Waals surface area contributed by atoms with Crippen LogP contribution in [0.1, 0.15) is 30.5 Å². The van der Waals surface area contributed by atoms with Gasteiger partial charge in [0.2, 0.25) is 5.91 Å². The van der Waals surface area contributed by atoms with Gasteiger partial charge in [-0.05, 0) is 24.6 Å². The second-order valence-corrected chi connectivity index (χ2v) is 7.71. The number of hydrogen-bond acceptors (Lipinski definition) is 4. The molecule has 1 aromatic carbocycles. The molecule has 9 heteroatoms. The first-order valence-electron chi connectivity index (χ1n) is 7.70. The van der Waals surface area contributed by atoms with E-state index in [0.717, 1.165) is 11.6 Å². The van der Waals surface area contributed by atoms with E-state index in [4.69, 9.17) is 0 Å². The molecular formula is C17H17F3N2O3S. The van der Waals surface area contributed by atoms with Gasteiger partial charge < -0.3 is 5.32 Å². The third kappa shape index (κ3) is 5.29. The minimum atomic E-state index is -4.59. The van der Waals surface area contributed by atoms with Crippen LogP contribution < -0.4 is 5.32 Å². The summed E-state index contributed by atoms with van der Waals surface area (Å²) in [5, 5.41) is 2.19. The zero-order chi connectivity index (χ0) is 19.4. The van der Waals surface area contributed by atoms with Crippen LogP contribution in [-0.2, 0) is 20.8 Å². The number of hydrogen-bond donors (Lipinski definition) is 1. The summed E-state index contributed by atoms with van der Waals surface area (Å²) in [5.41, 5.74) is -0.168. The Kier molecular flexibility index (Phi) is 6.01. The molecule has 1 aromatic heterocycles. The van der Waals surface area contributed by atoms with E-state index in [1.165, 1.54) is 0 Å². The van der Waals surface area contributed by atoms with Crippen LogP contribution in [0.2, 0.25) is 0 Å². The molecule has 1 heterocycles. The Hall–Kier alpha value is -2.42. The number of nitrogens with zero attached hydrogens (tertiary/aromatic N) is 1. The lowest BCUT2D eigenvalue weighted by atomic mass is 10.1. The highest BCUT2D eigenvalue weighted by molar-refractivity contribution is 7.91. The average Bonchev–Trinajstić information content (AvgIpc) is 2.60. The lowest BCUT2D eigenvalue weighted by Gasteiger charge is -2.14. The number of nitrogens with one attached hydrogen (secondary N) is 1. The zero-order valence-electron chi connectivity index (χ0n) is 13.8. The first-order valence-corrected chi connectivity index (χ1v) is 9.35. The minimum absolute atomic E-state index is 0.296. The van der Waals surface area contributed by atoms with Gasteiger partial charge in [-0.1, -0.05) is 30.3 Å². The van der Waals surface area contributed by atoms with Gasteiger partial charge in [-0.25, -0.2) is 13.4 Å². The molecule has 2 rings (SSSR count). The van der Waals surface area contributed by atoms with Gasteiger partial charge >= 0.3 is 6.18 Å². The number of carbonyl (C=O) groups is 1. The van der Waals surface area contributed by atoms with Crippen molar-refractivity contribution in [3.05, 3.63) is 59.8 Å². The van der Waals surface area contributed by atoms with E-state index in [1.807, 2.05) is 30.3 Å². The second-order valence-electron chi connectivity index (χ2n) is 5.65. The summed E-state index contributed by atoms with van der Waals surface area (Å²) in [5.74, 6) is -1.02. The number of aromatic nitrogens is 1. The van der Waals surface area contributed by atoms with E-state index in [9.17, 15) is 26.4 Å². The van der Waals surface area contributed by atoms with Crippen molar-refractivity contribution in [1.82, 2.24) is 10.3 Å². The zero-order valence-corrected chi connectivity index (χ0v) is 14.6. The molecule has 0 aliphatic carbocycles. The number of amides is 1. The van der Waals surface area contributed by atoms with Crippen LogP contribution in [0.3, 0.4) is 0 Å². The van der Waals surface area contributed by atoms with E-state index < -0.39 is 38.3 Å². The van der Waals surface area contributed by atoms with Crippen LogP contribution in [0.4, 0.5) is 13.2 Å². The van der Waals surface area contributed by atoms with E-state index in [0.29, 0.717) is 12.3 Å². The van der Waals surface area contributed by atoms with E-state index in [2.05, 4.69) is 10.3 Å². The number of pyridine rings is 1. The maximum absolute atomic E-state index is 12.5. The first kappa shape index (κ1) is 19.9. The summed E-state index contributed by atoms with van der Waals surface area (Å²) in [7, 11) is -3.96. The van der Waals surface area contributed by atoms with Crippen molar-refractivity contribution in [2.75, 3.05) is 5.75 Å². The van der Waals surface area contributed by atoms with Crippen LogP contribution in [0, 0.1) is 0 Å². The Labute approximate surface area is 149 Å². The monoisotopic (exact) mass is 386 g/mol. The average molecular weight is 386 g/mol. The number of sulfone groups is 1. The molecule has 0 saturated carbocycles. The molecule has 2 aromatic rings. The Morgan fingerprint density at radius 3 is 2.35 bits per heavy atom. The van der Waals surface area contributed by atoms with Crippen molar-refractivity contribution in [2.24, 2.45) is 0 Å². The third-order valence-electron chi connectivity index (χ3n) is 3.66. The molecule has 140 valence electrons. The topological polar surface area (TPSA) is 76.1 Å². The van der Waals surface area contributed by atoms with Crippen molar-refractivity contribution < 1.29 is 26.4 Å². The first-order chi connectivity index (χ1) is 12.1. The Morgan fingerprint density at radius 2 is 1.81 bits per heavy atom. The highest BCUT2D eigenvalue weighted by Crippen LogP contribution is 2.28. The van der Waals surface area contributed by atoms with E-state index >= 15 is 0 Å². The lowest BCUT2D eigenvalue weighted by Crippen LogP contribution is -2.28. The Balaban J connectivity index is 1.96. The van der Waals surface area contributed by atoms with Crippen molar-refractivity contribution in [1.29, 1.82) is 0 Å². The quantitative estimate of drug-likeness (QED) is 0.828. The molecule has 1 unspecified atom stereocenters. The van der Waals surface area contributed by atoms with Gasteiger partial charge in [0.25, 0.3) is 0 Å². The van der Waals surface area contributed by atoms with Gasteiger partial charge in [-0.15, -0.1) is 0 Å². The number of halogens is 3. The third-order valence-corrected chi connectivity index (χ3v) is 5.28. The fourth-order valence-corrected chi connectivity index (χ4v) is 3.35. The Morgan fingerprint density at radius 1 is 1.15 bits per heavy atom. The fourth-order valence-electron chi connectivity index (χ4n) is 2.20. The van der Waals surface area contributed by atoms with Gasteiger partial charge in [-0.2, -0.15) is 13.2 Å². The van der Waals surface area contributed by atoms with Gasteiger partial charge in [-0.3, -0.25) is 4.79 Å². The van der Waals surface area contributed by atoms with Crippen LogP contribution in [0.15, 0.2) is 53.7 Å². The summed E-state index contributed by atoms with van der Waals surface area (Å²) in [6.45, 7) is 1.76. The molecule has 1 amide bonds. The molecule has 1 atom stereocenters. The molecule has 0 aliphatic heterocycles. The van der Waals surface area contributed by atoms with Crippen LogP contribution >= 0.6 is 0 Å². The molecule has 0 fully saturated rings. The standard InChI is InChI=1S/C17H17F3N2O3S/c1-12(13-5-3-2-4-6-13)22-15(23)9-10-26(24,25)16-8-7-14(11-21-16)17(18,19)20/h2-8,11-12H,9-10H2,1H3,(H,22,23). The molecule has 26 heavy (non-hydrogen) atoms. The number of carbonyl (C=O) groups excluding carboxylic acids is 1. The maximum atomic E-state index is 12.5. The van der Waals surface area contributed by atoms with E-state index in [-0.39, 0.29) is 12.5 Å². The van der Waals surface area contributed by atoms with Gasteiger partial charge in [0.15, 0.2) is 14.9 Å². The second kappa shape index (κ2) is 7.86. The molecule has 0 aliphatic rings. The summed E-state index contributed by atoms with van der Waals surface area (Å²) in [6.07, 6.45) is -4.45. The summed E-state index contributed by atoms with van der Waals surface area (Å²) in [4.78, 5) is 15.3. The molecule has 0 radical (unpaired) electrons. The van der Waals surface area contributed by atoms with Gasteiger partial charge in [0.05, 0.1) is 17.4 Å². The molecular weight excluding hydrogens is 369 g/mol. The molecule has 0 saturated heterocycles. The van der Waals surface area contributed by atoms with Crippen LogP contribution in [0.5, 0.6) is 0 Å². The normalized spacial score (nSPS) is 13.2. The minimum Gasteiger partial charge on any atom is -0.350 e. The van der Waals surface area contributed by atoms with Gasteiger partial charge in [0, 0.05) is 12.6 Å². The highest BCUT2D eigenvalue weighted by Gasteiger charge is 2.31. The summed E-state index contributed by atoms with van der Waals surface area (Å²) < 4.78 is 61.7. The largest absolute Gasteiger partial charge is 0.417 e.